The van der Waals surface area contributed by atoms with Crippen LogP contribution >= 0.6 is 0 Å². The molecular weight excluding hydrogens is 358 g/mol. The van der Waals surface area contributed by atoms with Crippen molar-refractivity contribution < 1.29 is 19.0 Å². The Kier molecular flexibility index (Phi) is 5.54. The normalized spacial score (nSPS) is 13.9. The summed E-state index contributed by atoms with van der Waals surface area (Å²) in [5.41, 5.74) is 2.21. The summed E-state index contributed by atoms with van der Waals surface area (Å²) in [6.45, 7) is 6.59. The summed E-state index contributed by atoms with van der Waals surface area (Å²) < 4.78 is 18.1. The van der Waals surface area contributed by atoms with E-state index in [0.29, 0.717) is 35.4 Å². The zero-order valence-corrected chi connectivity index (χ0v) is 17.5. The fourth-order valence-corrected chi connectivity index (χ4v) is 3.21. The van der Waals surface area contributed by atoms with Crippen LogP contribution in [0.25, 0.3) is 0 Å². The van der Waals surface area contributed by atoms with E-state index in [1.165, 1.54) is 0 Å². The quantitative estimate of drug-likeness (QED) is 0.787. The highest BCUT2D eigenvalue weighted by Gasteiger charge is 2.32. The molecule has 28 heavy (non-hydrogen) atoms. The van der Waals surface area contributed by atoms with Crippen LogP contribution in [0.3, 0.4) is 0 Å². The number of nitrogens with zero attached hydrogens (tertiary/aromatic N) is 2. The second kappa shape index (κ2) is 7.73. The van der Waals surface area contributed by atoms with E-state index in [4.69, 9.17) is 14.2 Å². The molecule has 1 fully saturated rings. The van der Waals surface area contributed by atoms with Crippen molar-refractivity contribution in [2.45, 2.75) is 51.6 Å². The van der Waals surface area contributed by atoms with Gasteiger partial charge in [0.2, 0.25) is 0 Å². The van der Waals surface area contributed by atoms with E-state index < -0.39 is 0 Å². The smallest absolute Gasteiger partial charge is 0.272 e. The minimum absolute atomic E-state index is 0.164. The minimum Gasteiger partial charge on any atom is -0.496 e. The van der Waals surface area contributed by atoms with Crippen LogP contribution < -0.4 is 19.5 Å². The van der Waals surface area contributed by atoms with Crippen LogP contribution in [0.4, 0.5) is 0 Å². The zero-order chi connectivity index (χ0) is 20.5. The standard InChI is InChI=1S/C21H29N3O4/c1-21(2,3)24-16(13-7-8-13)10-15(23-24)20(25)22-12-14-9-18(27-5)19(28-6)11-17(14)26-4/h9-11,13H,7-8,12H2,1-6H3,(H,22,25). The number of carbonyl (C=O) groups is 1. The van der Waals surface area contributed by atoms with Gasteiger partial charge in [-0.2, -0.15) is 5.10 Å². The number of nitrogens with one attached hydrogen (secondary N) is 1. The molecule has 1 heterocycles. The van der Waals surface area contributed by atoms with Crippen molar-refractivity contribution in [3.63, 3.8) is 0 Å². The SMILES string of the molecule is COc1cc(OC)c(OC)cc1CNC(=O)c1cc(C2CC2)n(C(C)(C)C)n1. The van der Waals surface area contributed by atoms with Gasteiger partial charge in [-0.15, -0.1) is 0 Å². The van der Waals surface area contributed by atoms with Gasteiger partial charge in [0.05, 0.1) is 26.9 Å². The van der Waals surface area contributed by atoms with Gasteiger partial charge in [-0.3, -0.25) is 9.48 Å². The molecular formula is C21H29N3O4. The van der Waals surface area contributed by atoms with Gasteiger partial charge in [0.15, 0.2) is 11.5 Å². The molecule has 0 atom stereocenters. The van der Waals surface area contributed by atoms with Gasteiger partial charge < -0.3 is 19.5 Å². The lowest BCUT2D eigenvalue weighted by Crippen LogP contribution is -2.27. The van der Waals surface area contributed by atoms with Crippen molar-refractivity contribution in [3.8, 4) is 17.2 Å². The summed E-state index contributed by atoms with van der Waals surface area (Å²) in [7, 11) is 4.73. The Morgan fingerprint density at radius 1 is 1.07 bits per heavy atom. The Labute approximate surface area is 166 Å². The molecule has 0 unspecified atom stereocenters. The van der Waals surface area contributed by atoms with E-state index in [2.05, 4.69) is 31.2 Å². The first-order valence-corrected chi connectivity index (χ1v) is 9.46. The molecule has 0 spiro atoms. The summed E-state index contributed by atoms with van der Waals surface area (Å²) in [4.78, 5) is 12.7. The monoisotopic (exact) mass is 387 g/mol. The maximum Gasteiger partial charge on any atom is 0.272 e. The van der Waals surface area contributed by atoms with Crippen LogP contribution in [-0.4, -0.2) is 37.0 Å². The van der Waals surface area contributed by atoms with Crippen LogP contribution in [-0.2, 0) is 12.1 Å². The molecule has 0 bridgehead atoms. The van der Waals surface area contributed by atoms with Crippen molar-refractivity contribution in [2.75, 3.05) is 21.3 Å². The molecule has 152 valence electrons. The van der Waals surface area contributed by atoms with Crippen LogP contribution in [0.1, 0.15) is 61.3 Å². The molecule has 3 rings (SSSR count). The highest BCUT2D eigenvalue weighted by Crippen LogP contribution is 2.41. The van der Waals surface area contributed by atoms with E-state index in [1.807, 2.05) is 10.7 Å². The second-order valence-corrected chi connectivity index (χ2v) is 8.01. The molecule has 1 amide bonds. The lowest BCUT2D eigenvalue weighted by atomic mass is 10.1. The van der Waals surface area contributed by atoms with Crippen molar-refractivity contribution >= 4 is 5.91 Å². The zero-order valence-electron chi connectivity index (χ0n) is 17.5. The molecule has 0 radical (unpaired) electrons. The minimum atomic E-state index is -0.207. The van der Waals surface area contributed by atoms with Gasteiger partial charge in [-0.05, 0) is 45.7 Å². The number of benzene rings is 1. The molecule has 0 aliphatic heterocycles. The van der Waals surface area contributed by atoms with Crippen molar-refractivity contribution in [2.24, 2.45) is 0 Å². The Hall–Kier alpha value is -2.70. The van der Waals surface area contributed by atoms with Crippen molar-refractivity contribution in [1.29, 1.82) is 0 Å². The van der Waals surface area contributed by atoms with Crippen molar-refractivity contribution in [3.05, 3.63) is 35.2 Å². The molecule has 1 aromatic carbocycles. The number of hydrogen-bond acceptors (Lipinski definition) is 5. The molecule has 7 nitrogen and oxygen atoms in total. The Balaban J connectivity index is 1.79. The predicted octanol–water partition coefficient (Wildman–Crippen LogP) is 3.47. The van der Waals surface area contributed by atoms with Crippen LogP contribution in [0.15, 0.2) is 18.2 Å². The van der Waals surface area contributed by atoms with E-state index >= 15 is 0 Å². The summed E-state index contributed by atoms with van der Waals surface area (Å²) in [6.07, 6.45) is 2.32. The first-order valence-electron chi connectivity index (χ1n) is 9.46. The fourth-order valence-electron chi connectivity index (χ4n) is 3.21. The van der Waals surface area contributed by atoms with Gasteiger partial charge in [0.25, 0.3) is 5.91 Å². The molecule has 1 aliphatic carbocycles. The Bertz CT molecular complexity index is 863. The third-order valence-corrected chi connectivity index (χ3v) is 4.83. The van der Waals surface area contributed by atoms with Gasteiger partial charge in [0, 0.05) is 29.8 Å². The third-order valence-electron chi connectivity index (χ3n) is 4.83. The topological polar surface area (TPSA) is 74.6 Å². The summed E-state index contributed by atoms with van der Waals surface area (Å²) in [5.74, 6) is 2.09. The fraction of sp³-hybridized carbons (Fsp3) is 0.524. The van der Waals surface area contributed by atoms with Gasteiger partial charge in [0.1, 0.15) is 11.4 Å². The molecule has 1 aliphatic rings. The highest BCUT2D eigenvalue weighted by atomic mass is 16.5. The average Bonchev–Trinajstić information content (AvgIpc) is 3.41. The average molecular weight is 387 g/mol. The number of amides is 1. The molecule has 7 heteroatoms. The molecule has 1 aromatic heterocycles. The van der Waals surface area contributed by atoms with Crippen molar-refractivity contribution in [1.82, 2.24) is 15.1 Å². The number of rotatable bonds is 7. The summed E-state index contributed by atoms with van der Waals surface area (Å²) in [5, 5.41) is 7.53. The Morgan fingerprint density at radius 3 is 2.21 bits per heavy atom. The summed E-state index contributed by atoms with van der Waals surface area (Å²) in [6, 6.07) is 5.48. The number of carbonyl (C=O) groups excluding carboxylic acids is 1. The number of aromatic nitrogens is 2. The largest absolute Gasteiger partial charge is 0.496 e. The van der Waals surface area contributed by atoms with Crippen LogP contribution in [0, 0.1) is 0 Å². The van der Waals surface area contributed by atoms with E-state index in [0.717, 1.165) is 24.1 Å². The Morgan fingerprint density at radius 2 is 1.68 bits per heavy atom. The van der Waals surface area contributed by atoms with Gasteiger partial charge in [-0.25, -0.2) is 0 Å². The first-order chi connectivity index (χ1) is 13.3. The van der Waals surface area contributed by atoms with Gasteiger partial charge >= 0.3 is 0 Å². The van der Waals surface area contributed by atoms with Crippen LogP contribution in [0.5, 0.6) is 17.2 Å². The lowest BCUT2D eigenvalue weighted by Gasteiger charge is -2.22. The molecule has 2 aromatic rings. The van der Waals surface area contributed by atoms with E-state index in [9.17, 15) is 4.79 Å². The highest BCUT2D eigenvalue weighted by molar-refractivity contribution is 5.92. The first kappa shape index (κ1) is 20.0. The lowest BCUT2D eigenvalue weighted by molar-refractivity contribution is 0.0944. The maximum atomic E-state index is 12.7. The number of ether oxygens (including phenoxy) is 3. The maximum absolute atomic E-state index is 12.7. The number of hydrogen-bond donors (Lipinski definition) is 1. The predicted molar refractivity (Wildman–Crippen MR) is 106 cm³/mol. The second-order valence-electron chi connectivity index (χ2n) is 8.01. The van der Waals surface area contributed by atoms with Crippen LogP contribution in [0.2, 0.25) is 0 Å². The van der Waals surface area contributed by atoms with E-state index in [-0.39, 0.29) is 11.4 Å². The molecule has 0 saturated heterocycles. The van der Waals surface area contributed by atoms with E-state index in [1.54, 1.807) is 33.5 Å². The third kappa shape index (κ3) is 4.08. The van der Waals surface area contributed by atoms with Gasteiger partial charge in [-0.1, -0.05) is 0 Å². The molecule has 1 saturated carbocycles. The number of methoxy groups -OCH3 is 3. The molecule has 1 N–H and O–H groups in total. The summed E-state index contributed by atoms with van der Waals surface area (Å²) >= 11 is 0.